The Bertz CT molecular complexity index is 172. The highest BCUT2D eigenvalue weighted by atomic mass is 16.7. The molecule has 1 rings (SSSR count). The summed E-state index contributed by atoms with van der Waals surface area (Å²) in [5, 5.41) is 27.7. The van der Waals surface area contributed by atoms with Gasteiger partial charge in [0, 0.05) is 0 Å². The smallest absolute Gasteiger partial charge is 0.186 e. The van der Waals surface area contributed by atoms with Crippen LogP contribution in [-0.2, 0) is 9.47 Å². The Morgan fingerprint density at radius 3 is 2.69 bits per heavy atom. The van der Waals surface area contributed by atoms with Crippen molar-refractivity contribution >= 4 is 0 Å². The summed E-state index contributed by atoms with van der Waals surface area (Å²) < 4.78 is 9.95. The van der Waals surface area contributed by atoms with Crippen molar-refractivity contribution in [1.82, 2.24) is 0 Å². The molecular weight excluding hydrogens is 176 g/mol. The summed E-state index contributed by atoms with van der Waals surface area (Å²) in [5.41, 5.74) is 0. The Balaban J connectivity index is 2.43. The second-order valence-electron chi connectivity index (χ2n) is 2.87. The van der Waals surface area contributed by atoms with Crippen molar-refractivity contribution in [3.63, 3.8) is 0 Å². The first-order chi connectivity index (χ1) is 6.16. The van der Waals surface area contributed by atoms with Crippen LogP contribution in [0.25, 0.3) is 0 Å². The van der Waals surface area contributed by atoms with E-state index in [0.29, 0.717) is 0 Å². The van der Waals surface area contributed by atoms with Gasteiger partial charge in [-0.25, -0.2) is 0 Å². The van der Waals surface area contributed by atoms with Gasteiger partial charge >= 0.3 is 0 Å². The van der Waals surface area contributed by atoms with Gasteiger partial charge in [-0.3, -0.25) is 0 Å². The molecule has 5 nitrogen and oxygen atoms in total. The molecule has 0 radical (unpaired) electrons. The van der Waals surface area contributed by atoms with Gasteiger partial charge in [0.05, 0.1) is 13.2 Å². The van der Waals surface area contributed by atoms with E-state index >= 15 is 0 Å². The van der Waals surface area contributed by atoms with Crippen LogP contribution in [-0.4, -0.2) is 53.1 Å². The molecule has 76 valence electrons. The van der Waals surface area contributed by atoms with Crippen molar-refractivity contribution in [2.24, 2.45) is 0 Å². The summed E-state index contributed by atoms with van der Waals surface area (Å²) in [7, 11) is 0. The van der Waals surface area contributed by atoms with E-state index in [-0.39, 0.29) is 13.2 Å². The quantitative estimate of drug-likeness (QED) is 0.478. The Morgan fingerprint density at radius 1 is 1.38 bits per heavy atom. The van der Waals surface area contributed by atoms with Gasteiger partial charge < -0.3 is 24.8 Å². The third-order valence-corrected chi connectivity index (χ3v) is 1.83. The zero-order valence-electron chi connectivity index (χ0n) is 7.17. The van der Waals surface area contributed by atoms with Gasteiger partial charge in [-0.1, -0.05) is 6.08 Å². The number of aliphatic hydroxyl groups is 3. The lowest BCUT2D eigenvalue weighted by Gasteiger charge is -2.34. The number of hydrogen-bond donors (Lipinski definition) is 3. The van der Waals surface area contributed by atoms with Crippen LogP contribution >= 0.6 is 0 Å². The predicted molar refractivity (Wildman–Crippen MR) is 43.9 cm³/mol. The summed E-state index contributed by atoms with van der Waals surface area (Å²) in [5.74, 6) is 0. The van der Waals surface area contributed by atoms with E-state index in [1.807, 2.05) is 0 Å². The molecule has 0 spiro atoms. The van der Waals surface area contributed by atoms with Crippen molar-refractivity contribution in [2.45, 2.75) is 24.6 Å². The molecule has 3 N–H and O–H groups in total. The maximum absolute atomic E-state index is 9.34. The summed E-state index contributed by atoms with van der Waals surface area (Å²) in [6.07, 6.45) is -2.88. The largest absolute Gasteiger partial charge is 0.388 e. The van der Waals surface area contributed by atoms with E-state index < -0.39 is 24.6 Å². The molecule has 1 heterocycles. The first kappa shape index (κ1) is 10.6. The molecule has 13 heavy (non-hydrogen) atoms. The fraction of sp³-hybridized carbons (Fsp3) is 0.750. The molecule has 0 amide bonds. The predicted octanol–water partition coefficient (Wildman–Crippen LogP) is -1.37. The molecule has 1 saturated heterocycles. The number of rotatable bonds is 3. The topological polar surface area (TPSA) is 79.2 Å². The maximum Gasteiger partial charge on any atom is 0.186 e. The van der Waals surface area contributed by atoms with Crippen molar-refractivity contribution in [3.8, 4) is 0 Å². The van der Waals surface area contributed by atoms with Crippen LogP contribution in [0.1, 0.15) is 0 Å². The van der Waals surface area contributed by atoms with Crippen LogP contribution in [0.2, 0.25) is 0 Å². The molecule has 4 atom stereocenters. The van der Waals surface area contributed by atoms with Crippen LogP contribution in [0.15, 0.2) is 12.7 Å². The number of aliphatic hydroxyl groups excluding tert-OH is 3. The molecule has 0 unspecified atom stereocenters. The number of ether oxygens (including phenoxy) is 2. The summed E-state index contributed by atoms with van der Waals surface area (Å²) >= 11 is 0. The SMILES string of the molecule is C=CCO[C@H]1OC[C@H](O)[C@H](O)[C@H]1O. The van der Waals surface area contributed by atoms with Gasteiger partial charge in [-0.05, 0) is 0 Å². The highest BCUT2D eigenvalue weighted by Crippen LogP contribution is 2.16. The third kappa shape index (κ3) is 2.49. The lowest BCUT2D eigenvalue weighted by Crippen LogP contribution is -2.53. The average Bonchev–Trinajstić information content (AvgIpc) is 2.13. The zero-order chi connectivity index (χ0) is 9.84. The third-order valence-electron chi connectivity index (χ3n) is 1.83. The lowest BCUT2D eigenvalue weighted by atomic mass is 10.1. The minimum Gasteiger partial charge on any atom is -0.388 e. The molecule has 0 aromatic heterocycles. The van der Waals surface area contributed by atoms with Gasteiger partial charge in [-0.2, -0.15) is 0 Å². The van der Waals surface area contributed by atoms with Gasteiger partial charge in [-0.15, -0.1) is 6.58 Å². The standard InChI is InChI=1S/C8H14O5/c1-2-3-12-8-7(11)6(10)5(9)4-13-8/h2,5-11H,1,3-4H2/t5-,6-,7+,8-/m0/s1. The van der Waals surface area contributed by atoms with Crippen LogP contribution in [0, 0.1) is 0 Å². The van der Waals surface area contributed by atoms with Crippen molar-refractivity contribution in [1.29, 1.82) is 0 Å². The van der Waals surface area contributed by atoms with Gasteiger partial charge in [0.15, 0.2) is 6.29 Å². The normalized spacial score (nSPS) is 40.2. The Kier molecular flexibility index (Phi) is 3.83. The molecule has 0 saturated carbocycles. The highest BCUT2D eigenvalue weighted by molar-refractivity contribution is 4.83. The van der Waals surface area contributed by atoms with Crippen LogP contribution in [0.5, 0.6) is 0 Å². The Hall–Kier alpha value is -0.460. The summed E-state index contributed by atoms with van der Waals surface area (Å²) in [4.78, 5) is 0. The van der Waals surface area contributed by atoms with Crippen molar-refractivity contribution in [3.05, 3.63) is 12.7 Å². The first-order valence-corrected chi connectivity index (χ1v) is 4.05. The van der Waals surface area contributed by atoms with E-state index in [9.17, 15) is 10.2 Å². The van der Waals surface area contributed by atoms with Crippen LogP contribution < -0.4 is 0 Å². The van der Waals surface area contributed by atoms with Crippen LogP contribution in [0.3, 0.4) is 0 Å². The van der Waals surface area contributed by atoms with Gasteiger partial charge in [0.25, 0.3) is 0 Å². The molecule has 0 bridgehead atoms. The van der Waals surface area contributed by atoms with E-state index in [0.717, 1.165) is 0 Å². The monoisotopic (exact) mass is 190 g/mol. The highest BCUT2D eigenvalue weighted by Gasteiger charge is 2.37. The lowest BCUT2D eigenvalue weighted by molar-refractivity contribution is -0.266. The Morgan fingerprint density at radius 2 is 2.08 bits per heavy atom. The fourth-order valence-electron chi connectivity index (χ4n) is 1.09. The summed E-state index contributed by atoms with van der Waals surface area (Å²) in [6, 6.07) is 0. The van der Waals surface area contributed by atoms with E-state index in [1.54, 1.807) is 0 Å². The van der Waals surface area contributed by atoms with E-state index in [1.165, 1.54) is 6.08 Å². The molecule has 5 heteroatoms. The zero-order valence-corrected chi connectivity index (χ0v) is 7.17. The maximum atomic E-state index is 9.34. The molecule has 0 aliphatic carbocycles. The number of hydrogen-bond acceptors (Lipinski definition) is 5. The van der Waals surface area contributed by atoms with Crippen molar-refractivity contribution < 1.29 is 24.8 Å². The van der Waals surface area contributed by atoms with Crippen LogP contribution in [0.4, 0.5) is 0 Å². The average molecular weight is 190 g/mol. The molecule has 1 fully saturated rings. The minimum absolute atomic E-state index is 0.0416. The van der Waals surface area contributed by atoms with Gasteiger partial charge in [0.2, 0.25) is 0 Å². The molecular formula is C8H14O5. The molecule has 0 aromatic rings. The van der Waals surface area contributed by atoms with Crippen molar-refractivity contribution in [2.75, 3.05) is 13.2 Å². The second kappa shape index (κ2) is 4.69. The second-order valence-corrected chi connectivity index (χ2v) is 2.87. The van der Waals surface area contributed by atoms with Gasteiger partial charge in [0.1, 0.15) is 18.3 Å². The van der Waals surface area contributed by atoms with E-state index in [2.05, 4.69) is 6.58 Å². The molecule has 1 aliphatic heterocycles. The molecule has 0 aromatic carbocycles. The Labute approximate surface area is 76.2 Å². The molecule has 1 aliphatic rings. The minimum atomic E-state index is -1.22. The summed E-state index contributed by atoms with van der Waals surface area (Å²) in [6.45, 7) is 3.62. The van der Waals surface area contributed by atoms with E-state index in [4.69, 9.17) is 14.6 Å². The first-order valence-electron chi connectivity index (χ1n) is 4.05. The fourth-order valence-corrected chi connectivity index (χ4v) is 1.09.